The number of fused-ring (bicyclic) bond motifs is 2. The predicted molar refractivity (Wildman–Crippen MR) is 76.0 cm³/mol. The molecule has 2 aromatic rings. The second-order valence-electron chi connectivity index (χ2n) is 5.12. The molecule has 2 aromatic carbocycles. The van der Waals surface area contributed by atoms with E-state index >= 15 is 0 Å². The minimum atomic E-state index is 0.203. The number of ketones is 1. The number of carbonyl (C=O) groups is 1. The first-order valence-electron chi connectivity index (χ1n) is 6.28. The number of allylic oxidation sites excluding steroid dienone is 2. The maximum atomic E-state index is 12.4. The van der Waals surface area contributed by atoms with Crippen LogP contribution in [0.15, 0.2) is 29.8 Å². The first-order valence-corrected chi connectivity index (χ1v) is 6.28. The average Bonchev–Trinajstić information content (AvgIpc) is 2.61. The summed E-state index contributed by atoms with van der Waals surface area (Å²) in [6.07, 6.45) is 0. The molecule has 1 heteroatoms. The number of carbonyl (C=O) groups excluding carboxylic acids is 1. The van der Waals surface area contributed by atoms with E-state index in [1.54, 1.807) is 0 Å². The summed E-state index contributed by atoms with van der Waals surface area (Å²) >= 11 is 0. The standard InChI is InChI=1S/C17H16O/c1-9-10(2)17(18)16-12(4)14-8-6-5-7-13(14)11(3)15(9)16/h5-8H,1-4H3. The summed E-state index contributed by atoms with van der Waals surface area (Å²) in [5.41, 5.74) is 6.46. The van der Waals surface area contributed by atoms with Crippen molar-refractivity contribution < 1.29 is 4.79 Å². The van der Waals surface area contributed by atoms with E-state index < -0.39 is 0 Å². The summed E-state index contributed by atoms with van der Waals surface area (Å²) in [4.78, 5) is 12.4. The molecule has 0 spiro atoms. The van der Waals surface area contributed by atoms with Crippen LogP contribution in [0.3, 0.4) is 0 Å². The highest BCUT2D eigenvalue weighted by Gasteiger charge is 2.28. The van der Waals surface area contributed by atoms with Crippen LogP contribution in [0, 0.1) is 13.8 Å². The molecule has 0 N–H and O–H groups in total. The highest BCUT2D eigenvalue weighted by Crippen LogP contribution is 2.40. The van der Waals surface area contributed by atoms with Gasteiger partial charge in [-0.05, 0) is 60.7 Å². The number of rotatable bonds is 0. The molecule has 90 valence electrons. The van der Waals surface area contributed by atoms with Gasteiger partial charge < -0.3 is 0 Å². The third-order valence-electron chi connectivity index (χ3n) is 4.24. The van der Waals surface area contributed by atoms with E-state index in [4.69, 9.17) is 0 Å². The van der Waals surface area contributed by atoms with Crippen LogP contribution in [-0.2, 0) is 0 Å². The summed E-state index contributed by atoms with van der Waals surface area (Å²) in [7, 11) is 0. The molecule has 0 aliphatic heterocycles. The van der Waals surface area contributed by atoms with E-state index in [1.807, 2.05) is 13.0 Å². The Kier molecular flexibility index (Phi) is 2.21. The molecule has 1 nitrogen and oxygen atoms in total. The van der Waals surface area contributed by atoms with E-state index in [0.29, 0.717) is 0 Å². The zero-order chi connectivity index (χ0) is 13.0. The van der Waals surface area contributed by atoms with Gasteiger partial charge in [0.2, 0.25) is 0 Å². The maximum Gasteiger partial charge on any atom is 0.189 e. The van der Waals surface area contributed by atoms with Crippen LogP contribution in [0.1, 0.15) is 40.9 Å². The lowest BCUT2D eigenvalue weighted by atomic mass is 9.90. The zero-order valence-corrected chi connectivity index (χ0v) is 11.2. The number of hydrogen-bond donors (Lipinski definition) is 0. The van der Waals surface area contributed by atoms with Crippen molar-refractivity contribution in [3.8, 4) is 0 Å². The minimum Gasteiger partial charge on any atom is -0.289 e. The molecule has 0 unspecified atom stereocenters. The van der Waals surface area contributed by atoms with Crippen LogP contribution in [0.25, 0.3) is 16.3 Å². The molecule has 1 aliphatic carbocycles. The minimum absolute atomic E-state index is 0.203. The maximum absolute atomic E-state index is 12.4. The molecular weight excluding hydrogens is 220 g/mol. The van der Waals surface area contributed by atoms with Crippen molar-refractivity contribution in [2.45, 2.75) is 27.7 Å². The van der Waals surface area contributed by atoms with Gasteiger partial charge in [0.05, 0.1) is 0 Å². The van der Waals surface area contributed by atoms with Gasteiger partial charge in [0, 0.05) is 11.1 Å². The lowest BCUT2D eigenvalue weighted by Gasteiger charge is -2.13. The molecule has 0 bridgehead atoms. The van der Waals surface area contributed by atoms with Gasteiger partial charge in [-0.2, -0.15) is 0 Å². The Labute approximate surface area is 107 Å². The van der Waals surface area contributed by atoms with Crippen LogP contribution in [0.4, 0.5) is 0 Å². The summed E-state index contributed by atoms with van der Waals surface area (Å²) in [5.74, 6) is 0.203. The lowest BCUT2D eigenvalue weighted by Crippen LogP contribution is -2.01. The van der Waals surface area contributed by atoms with Crippen molar-refractivity contribution in [2.24, 2.45) is 0 Å². The Morgan fingerprint density at radius 2 is 1.22 bits per heavy atom. The smallest absolute Gasteiger partial charge is 0.189 e. The summed E-state index contributed by atoms with van der Waals surface area (Å²) in [6, 6.07) is 8.34. The van der Waals surface area contributed by atoms with E-state index in [2.05, 4.69) is 39.0 Å². The van der Waals surface area contributed by atoms with Crippen LogP contribution in [-0.4, -0.2) is 5.78 Å². The van der Waals surface area contributed by atoms with Crippen molar-refractivity contribution in [1.29, 1.82) is 0 Å². The second-order valence-corrected chi connectivity index (χ2v) is 5.12. The first kappa shape index (κ1) is 11.2. The molecule has 0 atom stereocenters. The van der Waals surface area contributed by atoms with Gasteiger partial charge in [0.25, 0.3) is 0 Å². The molecule has 18 heavy (non-hydrogen) atoms. The number of benzene rings is 2. The lowest BCUT2D eigenvalue weighted by molar-refractivity contribution is 0.103. The zero-order valence-electron chi connectivity index (χ0n) is 11.2. The Bertz CT molecular complexity index is 733. The summed E-state index contributed by atoms with van der Waals surface area (Å²) in [6.45, 7) is 8.17. The highest BCUT2D eigenvalue weighted by atomic mass is 16.1. The molecule has 1 aliphatic rings. The topological polar surface area (TPSA) is 17.1 Å². The van der Waals surface area contributed by atoms with Gasteiger partial charge in [-0.1, -0.05) is 24.3 Å². The quantitative estimate of drug-likeness (QED) is 0.660. The SMILES string of the molecule is CC1=C(C)c2c(c(C)c3ccccc3c2C)C1=O. The van der Waals surface area contributed by atoms with Crippen LogP contribution < -0.4 is 0 Å². The van der Waals surface area contributed by atoms with E-state index in [1.165, 1.54) is 16.3 Å². The average molecular weight is 236 g/mol. The molecule has 0 aromatic heterocycles. The van der Waals surface area contributed by atoms with Crippen LogP contribution in [0.5, 0.6) is 0 Å². The number of hydrogen-bond acceptors (Lipinski definition) is 1. The number of Topliss-reactive ketones (excluding diaryl/α,β-unsaturated/α-hetero) is 1. The van der Waals surface area contributed by atoms with Crippen molar-refractivity contribution in [2.75, 3.05) is 0 Å². The third kappa shape index (κ3) is 1.19. The van der Waals surface area contributed by atoms with Gasteiger partial charge in [-0.3, -0.25) is 4.79 Å². The molecular formula is C17H16O. The fourth-order valence-electron chi connectivity index (χ4n) is 3.08. The van der Waals surface area contributed by atoms with E-state index in [0.717, 1.165) is 27.8 Å². The van der Waals surface area contributed by atoms with Crippen molar-refractivity contribution in [3.63, 3.8) is 0 Å². The van der Waals surface area contributed by atoms with Crippen LogP contribution >= 0.6 is 0 Å². The van der Waals surface area contributed by atoms with E-state index in [9.17, 15) is 4.79 Å². The highest BCUT2D eigenvalue weighted by molar-refractivity contribution is 6.23. The monoisotopic (exact) mass is 236 g/mol. The molecule has 0 fully saturated rings. The molecule has 0 saturated carbocycles. The van der Waals surface area contributed by atoms with Crippen molar-refractivity contribution in [1.82, 2.24) is 0 Å². The Morgan fingerprint density at radius 1 is 0.722 bits per heavy atom. The Hall–Kier alpha value is -1.89. The summed E-state index contributed by atoms with van der Waals surface area (Å²) in [5, 5.41) is 2.46. The van der Waals surface area contributed by atoms with Gasteiger partial charge in [-0.15, -0.1) is 0 Å². The summed E-state index contributed by atoms with van der Waals surface area (Å²) < 4.78 is 0. The van der Waals surface area contributed by atoms with Crippen molar-refractivity contribution >= 4 is 22.1 Å². The van der Waals surface area contributed by atoms with Gasteiger partial charge >= 0.3 is 0 Å². The Balaban J connectivity index is 2.56. The molecule has 0 amide bonds. The molecule has 0 heterocycles. The normalized spacial score (nSPS) is 14.6. The molecule has 0 saturated heterocycles. The fraction of sp³-hybridized carbons (Fsp3) is 0.235. The van der Waals surface area contributed by atoms with Gasteiger partial charge in [0.15, 0.2) is 5.78 Å². The predicted octanol–water partition coefficient (Wildman–Crippen LogP) is 4.45. The fourth-order valence-corrected chi connectivity index (χ4v) is 3.08. The largest absolute Gasteiger partial charge is 0.289 e. The number of aryl methyl sites for hydroxylation is 2. The molecule has 3 rings (SSSR count). The van der Waals surface area contributed by atoms with Gasteiger partial charge in [-0.25, -0.2) is 0 Å². The Morgan fingerprint density at radius 3 is 1.78 bits per heavy atom. The van der Waals surface area contributed by atoms with Crippen molar-refractivity contribution in [3.05, 3.63) is 52.1 Å². The van der Waals surface area contributed by atoms with Gasteiger partial charge in [0.1, 0.15) is 0 Å². The second kappa shape index (κ2) is 3.55. The third-order valence-corrected chi connectivity index (χ3v) is 4.24. The van der Waals surface area contributed by atoms with E-state index in [-0.39, 0.29) is 5.78 Å². The van der Waals surface area contributed by atoms with Crippen LogP contribution in [0.2, 0.25) is 0 Å². The molecule has 0 radical (unpaired) electrons. The first-order chi connectivity index (χ1) is 8.54.